The van der Waals surface area contributed by atoms with Gasteiger partial charge in [-0.1, -0.05) is 140 Å². The van der Waals surface area contributed by atoms with E-state index in [0.29, 0.717) is 0 Å². The standard InChI is InChI=1S/C28H48S/c1-3-5-7-9-11-13-15-17-20-24-27(29-28-25-21-18-22-26-28)23-19-16-14-12-10-8-6-4-2/h18,21-22,24-26H,3-17,19-20,23H2,1-2H3/b27-24-. The van der Waals surface area contributed by atoms with Gasteiger partial charge in [0.25, 0.3) is 0 Å². The van der Waals surface area contributed by atoms with Crippen LogP contribution in [0.2, 0.25) is 0 Å². The third kappa shape index (κ3) is 16.8. The monoisotopic (exact) mass is 416 g/mol. The summed E-state index contributed by atoms with van der Waals surface area (Å²) in [5.74, 6) is 0. The van der Waals surface area contributed by atoms with E-state index in [-0.39, 0.29) is 0 Å². The molecule has 0 bridgehead atoms. The second-order valence-corrected chi connectivity index (χ2v) is 9.77. The van der Waals surface area contributed by atoms with Crippen molar-refractivity contribution in [3.05, 3.63) is 41.3 Å². The van der Waals surface area contributed by atoms with Crippen LogP contribution in [0.25, 0.3) is 0 Å². The van der Waals surface area contributed by atoms with Gasteiger partial charge in [-0.3, -0.25) is 0 Å². The van der Waals surface area contributed by atoms with Crippen molar-refractivity contribution in [1.82, 2.24) is 0 Å². The zero-order chi connectivity index (χ0) is 20.8. The molecule has 0 aliphatic rings. The van der Waals surface area contributed by atoms with Crippen LogP contribution in [0.4, 0.5) is 0 Å². The Morgan fingerprint density at radius 3 is 1.66 bits per heavy atom. The second-order valence-electron chi connectivity index (χ2n) is 8.57. The van der Waals surface area contributed by atoms with Gasteiger partial charge < -0.3 is 0 Å². The highest BCUT2D eigenvalue weighted by molar-refractivity contribution is 8.03. The zero-order valence-corrected chi connectivity index (χ0v) is 20.4. The van der Waals surface area contributed by atoms with Crippen molar-refractivity contribution in [3.63, 3.8) is 0 Å². The minimum absolute atomic E-state index is 1.27. The molecule has 0 spiro atoms. The summed E-state index contributed by atoms with van der Waals surface area (Å²) in [5, 5.41) is 0. The molecule has 166 valence electrons. The van der Waals surface area contributed by atoms with E-state index in [4.69, 9.17) is 0 Å². The van der Waals surface area contributed by atoms with E-state index in [1.54, 1.807) is 4.91 Å². The van der Waals surface area contributed by atoms with Gasteiger partial charge in [-0.05, 0) is 42.7 Å². The minimum Gasteiger partial charge on any atom is -0.0949 e. The fourth-order valence-electron chi connectivity index (χ4n) is 3.81. The summed E-state index contributed by atoms with van der Waals surface area (Å²) in [4.78, 5) is 3.00. The van der Waals surface area contributed by atoms with Crippen molar-refractivity contribution in [2.45, 2.75) is 134 Å². The van der Waals surface area contributed by atoms with Crippen LogP contribution < -0.4 is 0 Å². The molecule has 1 aromatic rings. The van der Waals surface area contributed by atoms with Crippen molar-refractivity contribution >= 4 is 11.8 Å². The summed E-state index contributed by atoms with van der Waals surface area (Å²) in [6, 6.07) is 10.9. The topological polar surface area (TPSA) is 0 Å². The smallest absolute Gasteiger partial charge is 0.0118 e. The number of benzene rings is 1. The molecule has 0 atom stereocenters. The van der Waals surface area contributed by atoms with Gasteiger partial charge in [0.1, 0.15) is 0 Å². The van der Waals surface area contributed by atoms with Gasteiger partial charge in [0, 0.05) is 4.90 Å². The lowest BCUT2D eigenvalue weighted by Gasteiger charge is -2.08. The maximum atomic E-state index is 2.55. The third-order valence-corrected chi connectivity index (χ3v) is 6.84. The number of hydrogen-bond acceptors (Lipinski definition) is 1. The van der Waals surface area contributed by atoms with Crippen LogP contribution in [0.1, 0.15) is 129 Å². The largest absolute Gasteiger partial charge is 0.0949 e. The predicted molar refractivity (Wildman–Crippen MR) is 135 cm³/mol. The Bertz CT molecular complexity index is 476. The maximum absolute atomic E-state index is 2.55. The van der Waals surface area contributed by atoms with Crippen LogP contribution in [-0.2, 0) is 0 Å². The average Bonchev–Trinajstić information content (AvgIpc) is 2.75. The molecular formula is C28H48S. The molecule has 0 aliphatic carbocycles. The molecule has 0 amide bonds. The number of unbranched alkanes of at least 4 members (excludes halogenated alkanes) is 15. The van der Waals surface area contributed by atoms with Gasteiger partial charge in [0.05, 0.1) is 0 Å². The third-order valence-electron chi connectivity index (χ3n) is 5.70. The Morgan fingerprint density at radius 1 is 0.621 bits per heavy atom. The van der Waals surface area contributed by atoms with Crippen LogP contribution in [0.5, 0.6) is 0 Å². The van der Waals surface area contributed by atoms with Gasteiger partial charge >= 0.3 is 0 Å². The Balaban J connectivity index is 2.23. The van der Waals surface area contributed by atoms with E-state index in [2.05, 4.69) is 50.3 Å². The van der Waals surface area contributed by atoms with Crippen molar-refractivity contribution < 1.29 is 0 Å². The molecule has 0 unspecified atom stereocenters. The molecule has 1 aromatic carbocycles. The van der Waals surface area contributed by atoms with E-state index in [9.17, 15) is 0 Å². The van der Waals surface area contributed by atoms with E-state index < -0.39 is 0 Å². The summed E-state index contributed by atoms with van der Waals surface area (Å²) in [6.07, 6.45) is 27.6. The molecule has 0 N–H and O–H groups in total. The first kappa shape index (κ1) is 26.3. The SMILES string of the molecule is CCCCCCCCCC/C=C(/CCCCCCCCCC)Sc1ccccc1. The average molecular weight is 417 g/mol. The van der Waals surface area contributed by atoms with Crippen LogP contribution in [0, 0.1) is 0 Å². The molecular weight excluding hydrogens is 368 g/mol. The predicted octanol–water partition coefficient (Wildman–Crippen LogP) is 10.7. The zero-order valence-electron chi connectivity index (χ0n) is 19.6. The lowest BCUT2D eigenvalue weighted by atomic mass is 10.1. The number of hydrogen-bond donors (Lipinski definition) is 0. The van der Waals surface area contributed by atoms with Gasteiger partial charge in [0.15, 0.2) is 0 Å². The van der Waals surface area contributed by atoms with Crippen LogP contribution in [-0.4, -0.2) is 0 Å². The summed E-state index contributed by atoms with van der Waals surface area (Å²) in [7, 11) is 0. The second kappa shape index (κ2) is 20.6. The van der Waals surface area contributed by atoms with Crippen LogP contribution >= 0.6 is 11.8 Å². The first-order chi connectivity index (χ1) is 14.4. The molecule has 0 aliphatic heterocycles. The molecule has 0 saturated carbocycles. The Morgan fingerprint density at radius 2 is 1.10 bits per heavy atom. The Kier molecular flexibility index (Phi) is 18.7. The Hall–Kier alpha value is -0.690. The van der Waals surface area contributed by atoms with E-state index >= 15 is 0 Å². The van der Waals surface area contributed by atoms with Crippen molar-refractivity contribution in [2.24, 2.45) is 0 Å². The van der Waals surface area contributed by atoms with Gasteiger partial charge in [-0.2, -0.15) is 0 Å². The molecule has 0 radical (unpaired) electrons. The number of rotatable bonds is 20. The number of allylic oxidation sites excluding steroid dienone is 2. The molecule has 0 fully saturated rings. The van der Waals surface area contributed by atoms with Gasteiger partial charge in [-0.15, -0.1) is 0 Å². The maximum Gasteiger partial charge on any atom is 0.0118 e. The van der Waals surface area contributed by atoms with Crippen molar-refractivity contribution in [3.8, 4) is 0 Å². The molecule has 0 heterocycles. The molecule has 1 rings (SSSR count). The normalized spacial score (nSPS) is 11.9. The first-order valence-corrected chi connectivity index (χ1v) is 13.6. The van der Waals surface area contributed by atoms with E-state index in [0.717, 1.165) is 0 Å². The first-order valence-electron chi connectivity index (χ1n) is 12.8. The Labute approximate surface area is 187 Å². The van der Waals surface area contributed by atoms with Crippen molar-refractivity contribution in [2.75, 3.05) is 0 Å². The molecule has 0 aromatic heterocycles. The summed E-state index contributed by atoms with van der Waals surface area (Å²) >= 11 is 2.00. The highest BCUT2D eigenvalue weighted by Gasteiger charge is 2.02. The van der Waals surface area contributed by atoms with Crippen LogP contribution in [0.3, 0.4) is 0 Å². The van der Waals surface area contributed by atoms with E-state index in [1.807, 2.05) is 11.8 Å². The molecule has 29 heavy (non-hydrogen) atoms. The summed E-state index contributed by atoms with van der Waals surface area (Å²) in [6.45, 7) is 4.59. The summed E-state index contributed by atoms with van der Waals surface area (Å²) in [5.41, 5.74) is 0. The lowest BCUT2D eigenvalue weighted by molar-refractivity contribution is 0.574. The molecule has 0 nitrogen and oxygen atoms in total. The highest BCUT2D eigenvalue weighted by Crippen LogP contribution is 2.31. The lowest BCUT2D eigenvalue weighted by Crippen LogP contribution is -1.85. The van der Waals surface area contributed by atoms with Crippen LogP contribution in [0.15, 0.2) is 46.2 Å². The van der Waals surface area contributed by atoms with Crippen molar-refractivity contribution in [1.29, 1.82) is 0 Å². The van der Waals surface area contributed by atoms with Gasteiger partial charge in [-0.25, -0.2) is 0 Å². The quantitative estimate of drug-likeness (QED) is 0.150. The van der Waals surface area contributed by atoms with E-state index in [1.165, 1.54) is 120 Å². The summed E-state index contributed by atoms with van der Waals surface area (Å²) < 4.78 is 0. The highest BCUT2D eigenvalue weighted by atomic mass is 32.2. The molecule has 0 saturated heterocycles. The fraction of sp³-hybridized carbons (Fsp3) is 0.714. The minimum atomic E-state index is 1.27. The molecule has 1 heteroatoms. The van der Waals surface area contributed by atoms with Gasteiger partial charge in [0.2, 0.25) is 0 Å². The fourth-order valence-corrected chi connectivity index (χ4v) is 4.85. The number of thioether (sulfide) groups is 1.